The number of ether oxygens (including phenoxy) is 1. The summed E-state index contributed by atoms with van der Waals surface area (Å²) in [5.41, 5.74) is 7.13. The van der Waals surface area contributed by atoms with Crippen molar-refractivity contribution in [2.24, 2.45) is 5.73 Å². The Bertz CT molecular complexity index is 609. The summed E-state index contributed by atoms with van der Waals surface area (Å²) < 4.78 is 5.78. The normalized spacial score (nSPS) is 12.6. The maximum Gasteiger partial charge on any atom is 0.222 e. The van der Waals surface area contributed by atoms with E-state index in [2.05, 4.69) is 16.2 Å². The molecule has 114 valence electrons. The zero-order valence-corrected chi connectivity index (χ0v) is 13.9. The number of nitrogens with zero attached hydrogens (tertiary/aromatic N) is 2. The highest BCUT2D eigenvalue weighted by molar-refractivity contribution is 7.98. The van der Waals surface area contributed by atoms with Gasteiger partial charge >= 0.3 is 0 Å². The van der Waals surface area contributed by atoms with Gasteiger partial charge in [0, 0.05) is 18.4 Å². The third-order valence-electron chi connectivity index (χ3n) is 3.30. The number of halogens is 1. The van der Waals surface area contributed by atoms with Gasteiger partial charge in [0.25, 0.3) is 0 Å². The van der Waals surface area contributed by atoms with Crippen LogP contribution < -0.4 is 10.5 Å². The fourth-order valence-corrected chi connectivity index (χ4v) is 2.67. The van der Waals surface area contributed by atoms with Gasteiger partial charge in [-0.15, -0.1) is 0 Å². The summed E-state index contributed by atoms with van der Waals surface area (Å²) in [6.07, 6.45) is 7.41. The number of thioether (sulfide) groups is 1. The second-order valence-corrected chi connectivity index (χ2v) is 6.15. The Morgan fingerprint density at radius 2 is 2.14 bits per heavy atom. The van der Waals surface area contributed by atoms with Crippen LogP contribution in [-0.2, 0) is 0 Å². The topological polar surface area (TPSA) is 61.0 Å². The van der Waals surface area contributed by atoms with Crippen LogP contribution in [0.3, 0.4) is 0 Å². The third kappa shape index (κ3) is 3.99. The highest BCUT2D eigenvalue weighted by Gasteiger charge is 2.14. The summed E-state index contributed by atoms with van der Waals surface area (Å²) in [5, 5.41) is 2.29. The first-order valence-corrected chi connectivity index (χ1v) is 8.76. The molecule has 2 N–H and O–H groups in total. The number of hydrogen-bond acceptors (Lipinski definition) is 5. The minimum absolute atomic E-state index is 0.0657. The molecule has 2 aromatic rings. The molecular formula is C15H20ClN3OS. The van der Waals surface area contributed by atoms with E-state index >= 15 is 0 Å². The quantitative estimate of drug-likeness (QED) is 0.619. The molecule has 0 bridgehead atoms. The van der Waals surface area contributed by atoms with E-state index in [1.807, 2.05) is 13.0 Å². The van der Waals surface area contributed by atoms with Gasteiger partial charge in [-0.2, -0.15) is 11.8 Å². The molecule has 0 aliphatic rings. The summed E-state index contributed by atoms with van der Waals surface area (Å²) in [6.45, 7) is 2.69. The first-order chi connectivity index (χ1) is 10.2. The van der Waals surface area contributed by atoms with Crippen LogP contribution >= 0.6 is 23.4 Å². The Morgan fingerprint density at radius 3 is 2.86 bits per heavy atom. The molecule has 0 aromatic carbocycles. The van der Waals surface area contributed by atoms with Crippen molar-refractivity contribution in [2.45, 2.75) is 25.8 Å². The van der Waals surface area contributed by atoms with Crippen molar-refractivity contribution in [1.82, 2.24) is 9.97 Å². The van der Waals surface area contributed by atoms with Crippen molar-refractivity contribution >= 4 is 34.1 Å². The maximum atomic E-state index is 6.15. The standard InChI is InChI=1S/C15H20ClN3OS/c1-3-13(17)11-8-19-15(20-5-4-6-21-2)12-9-18-14(16)7-10(11)12/h7-9,13H,3-6,17H2,1-2H3. The van der Waals surface area contributed by atoms with Gasteiger partial charge in [0.2, 0.25) is 5.88 Å². The molecule has 2 aromatic heterocycles. The van der Waals surface area contributed by atoms with E-state index in [9.17, 15) is 0 Å². The molecule has 2 rings (SSSR count). The number of fused-ring (bicyclic) bond motifs is 1. The molecule has 0 aliphatic heterocycles. The zero-order valence-electron chi connectivity index (χ0n) is 12.3. The number of rotatable bonds is 7. The van der Waals surface area contributed by atoms with Crippen LogP contribution in [0, 0.1) is 0 Å². The maximum absolute atomic E-state index is 6.15. The number of pyridine rings is 2. The molecule has 2 heterocycles. The lowest BCUT2D eigenvalue weighted by Gasteiger charge is -2.15. The predicted octanol–water partition coefficient (Wildman–Crippen LogP) is 3.82. The van der Waals surface area contributed by atoms with Gasteiger partial charge in [-0.25, -0.2) is 9.97 Å². The average Bonchev–Trinajstić information content (AvgIpc) is 2.50. The molecule has 4 nitrogen and oxygen atoms in total. The second kappa shape index (κ2) is 7.82. The second-order valence-electron chi connectivity index (χ2n) is 4.78. The molecule has 1 atom stereocenters. The van der Waals surface area contributed by atoms with Gasteiger partial charge in [-0.05, 0) is 41.9 Å². The molecule has 0 aliphatic carbocycles. The van der Waals surface area contributed by atoms with Crippen LogP contribution in [0.5, 0.6) is 5.88 Å². The van der Waals surface area contributed by atoms with E-state index in [1.54, 1.807) is 24.2 Å². The van der Waals surface area contributed by atoms with E-state index in [1.165, 1.54) is 0 Å². The van der Waals surface area contributed by atoms with E-state index in [0.29, 0.717) is 17.6 Å². The van der Waals surface area contributed by atoms with Crippen LogP contribution in [0.2, 0.25) is 5.15 Å². The Balaban J connectivity index is 2.35. The van der Waals surface area contributed by atoms with Crippen LogP contribution in [0.25, 0.3) is 10.8 Å². The van der Waals surface area contributed by atoms with Crippen LogP contribution in [0.15, 0.2) is 18.5 Å². The fraction of sp³-hybridized carbons (Fsp3) is 0.467. The third-order valence-corrected chi connectivity index (χ3v) is 4.21. The molecule has 0 fully saturated rings. The molecule has 0 saturated carbocycles. The van der Waals surface area contributed by atoms with Gasteiger partial charge in [0.05, 0.1) is 12.0 Å². The summed E-state index contributed by atoms with van der Waals surface area (Å²) >= 11 is 7.83. The van der Waals surface area contributed by atoms with Crippen molar-refractivity contribution in [3.63, 3.8) is 0 Å². The highest BCUT2D eigenvalue weighted by Crippen LogP contribution is 2.31. The summed E-state index contributed by atoms with van der Waals surface area (Å²) in [7, 11) is 0. The smallest absolute Gasteiger partial charge is 0.222 e. The van der Waals surface area contributed by atoms with Crippen LogP contribution in [-0.4, -0.2) is 28.6 Å². The van der Waals surface area contributed by atoms with Crippen molar-refractivity contribution < 1.29 is 4.74 Å². The Morgan fingerprint density at radius 1 is 1.33 bits per heavy atom. The summed E-state index contributed by atoms with van der Waals surface area (Å²) in [6, 6.07) is 1.77. The average molecular weight is 326 g/mol. The summed E-state index contributed by atoms with van der Waals surface area (Å²) in [4.78, 5) is 8.55. The van der Waals surface area contributed by atoms with E-state index < -0.39 is 0 Å². The van der Waals surface area contributed by atoms with Crippen molar-refractivity contribution in [3.8, 4) is 5.88 Å². The molecule has 0 radical (unpaired) electrons. The number of nitrogens with two attached hydrogens (primary N) is 1. The van der Waals surface area contributed by atoms with Crippen LogP contribution in [0.4, 0.5) is 0 Å². The molecule has 21 heavy (non-hydrogen) atoms. The Kier molecular flexibility index (Phi) is 6.08. The highest BCUT2D eigenvalue weighted by atomic mass is 35.5. The lowest BCUT2D eigenvalue weighted by atomic mass is 10.0. The van der Waals surface area contributed by atoms with Crippen molar-refractivity contribution in [2.75, 3.05) is 18.6 Å². The molecule has 1 unspecified atom stereocenters. The van der Waals surface area contributed by atoms with Gasteiger partial charge in [0.1, 0.15) is 5.15 Å². The van der Waals surface area contributed by atoms with Crippen molar-refractivity contribution in [3.05, 3.63) is 29.2 Å². The summed E-state index contributed by atoms with van der Waals surface area (Å²) in [5.74, 6) is 1.67. The van der Waals surface area contributed by atoms with Gasteiger partial charge in [0.15, 0.2) is 0 Å². The van der Waals surface area contributed by atoms with Gasteiger partial charge in [-0.1, -0.05) is 18.5 Å². The Labute approximate surface area is 134 Å². The largest absolute Gasteiger partial charge is 0.477 e. The predicted molar refractivity (Wildman–Crippen MR) is 90.3 cm³/mol. The Hall–Kier alpha value is -1.04. The van der Waals surface area contributed by atoms with E-state index in [4.69, 9.17) is 22.1 Å². The first-order valence-electron chi connectivity index (χ1n) is 6.98. The molecular weight excluding hydrogens is 306 g/mol. The van der Waals surface area contributed by atoms with Crippen LogP contribution in [0.1, 0.15) is 31.4 Å². The van der Waals surface area contributed by atoms with E-state index in [-0.39, 0.29) is 6.04 Å². The van der Waals surface area contributed by atoms with E-state index in [0.717, 1.165) is 34.9 Å². The lowest BCUT2D eigenvalue weighted by Crippen LogP contribution is -2.10. The number of aromatic nitrogens is 2. The molecule has 6 heteroatoms. The fourth-order valence-electron chi connectivity index (χ4n) is 2.11. The van der Waals surface area contributed by atoms with Gasteiger partial charge < -0.3 is 10.5 Å². The first kappa shape index (κ1) is 16.3. The molecule has 0 amide bonds. The van der Waals surface area contributed by atoms with Gasteiger partial charge in [-0.3, -0.25) is 0 Å². The SMILES string of the molecule is CCC(N)c1cnc(OCCCSC)c2cnc(Cl)cc12. The minimum Gasteiger partial charge on any atom is -0.477 e. The number of hydrogen-bond donors (Lipinski definition) is 1. The lowest BCUT2D eigenvalue weighted by molar-refractivity contribution is 0.310. The zero-order chi connectivity index (χ0) is 15.2. The monoisotopic (exact) mass is 325 g/mol. The molecule has 0 saturated heterocycles. The minimum atomic E-state index is -0.0657. The molecule has 0 spiro atoms. The van der Waals surface area contributed by atoms with Crippen molar-refractivity contribution in [1.29, 1.82) is 0 Å².